The van der Waals surface area contributed by atoms with Crippen LogP contribution in [0, 0.1) is 5.82 Å². The highest BCUT2D eigenvalue weighted by molar-refractivity contribution is 6.01. The summed E-state index contributed by atoms with van der Waals surface area (Å²) in [5.74, 6) is -1.80. The van der Waals surface area contributed by atoms with Crippen LogP contribution in [0.1, 0.15) is 15.9 Å². The van der Waals surface area contributed by atoms with Crippen molar-refractivity contribution in [1.82, 2.24) is 5.32 Å². The number of benzene rings is 3. The molecule has 1 amide bonds. The van der Waals surface area contributed by atoms with Gasteiger partial charge >= 0.3 is 5.97 Å². The first-order valence-corrected chi connectivity index (χ1v) is 8.44. The van der Waals surface area contributed by atoms with E-state index < -0.39 is 18.5 Å². The highest BCUT2D eigenvalue weighted by Crippen LogP contribution is 2.28. The first kappa shape index (κ1) is 18.4. The molecule has 0 heterocycles. The molecule has 0 spiro atoms. The second kappa shape index (κ2) is 8.31. The van der Waals surface area contributed by atoms with Crippen molar-refractivity contribution in [2.24, 2.45) is 0 Å². The van der Waals surface area contributed by atoms with Gasteiger partial charge in [0.2, 0.25) is 0 Å². The number of carbonyl (C=O) groups excluding carboxylic acids is 2. The van der Waals surface area contributed by atoms with Crippen molar-refractivity contribution < 1.29 is 23.8 Å². The Bertz CT molecular complexity index is 987. The van der Waals surface area contributed by atoms with Crippen LogP contribution in [0.3, 0.4) is 0 Å². The maximum Gasteiger partial charge on any atom is 0.342 e. The quantitative estimate of drug-likeness (QED) is 0.656. The number of hydrogen-bond acceptors (Lipinski definition) is 4. The molecule has 2 N–H and O–H groups in total. The average Bonchev–Trinajstić information content (AvgIpc) is 2.68. The number of aromatic hydroxyl groups is 1. The predicted molar refractivity (Wildman–Crippen MR) is 99.0 cm³/mol. The van der Waals surface area contributed by atoms with Gasteiger partial charge in [0.1, 0.15) is 17.1 Å². The molecule has 0 fully saturated rings. The molecule has 0 aliphatic carbocycles. The second-order valence-corrected chi connectivity index (χ2v) is 5.95. The maximum absolute atomic E-state index is 13.5. The molecule has 27 heavy (non-hydrogen) atoms. The Hall–Kier alpha value is -3.41. The molecule has 6 heteroatoms. The van der Waals surface area contributed by atoms with Gasteiger partial charge in [-0.1, -0.05) is 48.5 Å². The molecule has 0 atom stereocenters. The molecule has 0 saturated heterocycles. The molecule has 0 saturated carbocycles. The minimum Gasteiger partial charge on any atom is -0.506 e. The van der Waals surface area contributed by atoms with Gasteiger partial charge in [0, 0.05) is 11.9 Å². The van der Waals surface area contributed by atoms with Crippen molar-refractivity contribution in [1.29, 1.82) is 0 Å². The van der Waals surface area contributed by atoms with Gasteiger partial charge in [0.15, 0.2) is 6.61 Å². The number of fused-ring (bicyclic) bond motifs is 1. The van der Waals surface area contributed by atoms with Crippen LogP contribution >= 0.6 is 0 Å². The SMILES string of the molecule is O=C(COC(=O)c1ccc2ccccc2c1O)NCCc1ccccc1F. The summed E-state index contributed by atoms with van der Waals surface area (Å²) in [4.78, 5) is 23.9. The number of nitrogens with one attached hydrogen (secondary N) is 1. The first-order chi connectivity index (χ1) is 13.1. The van der Waals surface area contributed by atoms with Crippen LogP contribution in [0.25, 0.3) is 10.8 Å². The fourth-order valence-corrected chi connectivity index (χ4v) is 2.72. The standard InChI is InChI=1S/C21H18FNO4/c22-18-8-4-2-6-15(18)11-12-23-19(24)13-27-21(26)17-10-9-14-5-1-3-7-16(14)20(17)25/h1-10,25H,11-13H2,(H,23,24). The highest BCUT2D eigenvalue weighted by Gasteiger charge is 2.16. The van der Waals surface area contributed by atoms with E-state index in [1.807, 2.05) is 12.1 Å². The van der Waals surface area contributed by atoms with Crippen molar-refractivity contribution in [3.63, 3.8) is 0 Å². The molecule has 3 aromatic carbocycles. The summed E-state index contributed by atoms with van der Waals surface area (Å²) >= 11 is 0. The van der Waals surface area contributed by atoms with Gasteiger partial charge in [-0.05, 0) is 29.5 Å². The summed E-state index contributed by atoms with van der Waals surface area (Å²) in [6.07, 6.45) is 0.331. The van der Waals surface area contributed by atoms with E-state index in [9.17, 15) is 19.1 Å². The molecular weight excluding hydrogens is 349 g/mol. The summed E-state index contributed by atoms with van der Waals surface area (Å²) in [5, 5.41) is 14.1. The van der Waals surface area contributed by atoms with E-state index in [4.69, 9.17) is 4.74 Å². The average molecular weight is 367 g/mol. The molecule has 0 aliphatic heterocycles. The highest BCUT2D eigenvalue weighted by atomic mass is 19.1. The molecule has 0 radical (unpaired) electrons. The van der Waals surface area contributed by atoms with Gasteiger partial charge in [0.05, 0.1) is 0 Å². The number of ether oxygens (including phenoxy) is 1. The van der Waals surface area contributed by atoms with Crippen LogP contribution in [0.4, 0.5) is 4.39 Å². The molecule has 5 nitrogen and oxygen atoms in total. The van der Waals surface area contributed by atoms with Crippen LogP contribution in [0.2, 0.25) is 0 Å². The zero-order valence-corrected chi connectivity index (χ0v) is 14.4. The predicted octanol–water partition coefficient (Wildman–Crippen LogP) is 3.20. The lowest BCUT2D eigenvalue weighted by molar-refractivity contribution is -0.124. The van der Waals surface area contributed by atoms with E-state index >= 15 is 0 Å². The van der Waals surface area contributed by atoms with Gasteiger partial charge in [-0.25, -0.2) is 9.18 Å². The fourth-order valence-electron chi connectivity index (χ4n) is 2.72. The van der Waals surface area contributed by atoms with Crippen molar-refractivity contribution in [2.75, 3.05) is 13.2 Å². The lowest BCUT2D eigenvalue weighted by Crippen LogP contribution is -2.30. The number of amides is 1. The summed E-state index contributed by atoms with van der Waals surface area (Å²) in [7, 11) is 0. The Morgan fingerprint density at radius 3 is 2.56 bits per heavy atom. The van der Waals surface area contributed by atoms with E-state index in [0.717, 1.165) is 5.39 Å². The van der Waals surface area contributed by atoms with E-state index in [-0.39, 0.29) is 23.7 Å². The van der Waals surface area contributed by atoms with Crippen molar-refractivity contribution >= 4 is 22.6 Å². The number of rotatable bonds is 6. The van der Waals surface area contributed by atoms with Crippen molar-refractivity contribution in [3.05, 3.63) is 77.6 Å². The monoisotopic (exact) mass is 367 g/mol. The Morgan fingerprint density at radius 1 is 1.00 bits per heavy atom. The number of carbonyl (C=O) groups is 2. The molecule has 0 bridgehead atoms. The fraction of sp³-hybridized carbons (Fsp3) is 0.143. The molecule has 3 aromatic rings. The van der Waals surface area contributed by atoms with E-state index in [0.29, 0.717) is 17.4 Å². The number of halogens is 1. The number of hydrogen-bond donors (Lipinski definition) is 2. The van der Waals surface area contributed by atoms with Gasteiger partial charge in [-0.3, -0.25) is 4.79 Å². The summed E-state index contributed by atoms with van der Waals surface area (Å²) in [6.45, 7) is -0.263. The minimum absolute atomic E-state index is 0.00661. The number of esters is 1. The third-order valence-electron chi connectivity index (χ3n) is 4.13. The Labute approximate surface area is 155 Å². The number of phenolic OH excluding ortho intramolecular Hbond substituents is 1. The van der Waals surface area contributed by atoms with Crippen LogP contribution in [-0.4, -0.2) is 30.1 Å². The van der Waals surface area contributed by atoms with Gasteiger partial charge < -0.3 is 15.2 Å². The molecule has 0 unspecified atom stereocenters. The summed E-state index contributed by atoms with van der Waals surface area (Å²) < 4.78 is 18.5. The maximum atomic E-state index is 13.5. The molecule has 3 rings (SSSR count). The van der Waals surface area contributed by atoms with Crippen LogP contribution in [-0.2, 0) is 16.0 Å². The van der Waals surface area contributed by atoms with Crippen LogP contribution < -0.4 is 5.32 Å². The lowest BCUT2D eigenvalue weighted by Gasteiger charge is -2.09. The largest absolute Gasteiger partial charge is 0.506 e. The van der Waals surface area contributed by atoms with Crippen LogP contribution in [0.5, 0.6) is 5.75 Å². The first-order valence-electron chi connectivity index (χ1n) is 8.44. The Morgan fingerprint density at radius 2 is 1.74 bits per heavy atom. The minimum atomic E-state index is -0.789. The molecule has 0 aromatic heterocycles. The number of phenols is 1. The molecular formula is C21H18FNO4. The topological polar surface area (TPSA) is 75.6 Å². The van der Waals surface area contributed by atoms with E-state index in [2.05, 4.69) is 5.32 Å². The molecule has 0 aliphatic rings. The van der Waals surface area contributed by atoms with Gasteiger partial charge in [0.25, 0.3) is 5.91 Å². The Kier molecular flexibility index (Phi) is 5.66. The Balaban J connectivity index is 1.52. The summed E-state index contributed by atoms with van der Waals surface area (Å²) in [6, 6.07) is 16.5. The zero-order valence-electron chi connectivity index (χ0n) is 14.4. The zero-order chi connectivity index (χ0) is 19.2. The smallest absolute Gasteiger partial charge is 0.342 e. The normalized spacial score (nSPS) is 10.6. The van der Waals surface area contributed by atoms with Gasteiger partial charge in [-0.2, -0.15) is 0 Å². The van der Waals surface area contributed by atoms with Crippen molar-refractivity contribution in [3.8, 4) is 5.75 Å². The lowest BCUT2D eigenvalue weighted by atomic mass is 10.1. The second-order valence-electron chi connectivity index (χ2n) is 5.95. The van der Waals surface area contributed by atoms with E-state index in [1.54, 1.807) is 36.4 Å². The van der Waals surface area contributed by atoms with Gasteiger partial charge in [-0.15, -0.1) is 0 Å². The van der Waals surface area contributed by atoms with Crippen LogP contribution in [0.15, 0.2) is 60.7 Å². The van der Waals surface area contributed by atoms with Crippen molar-refractivity contribution in [2.45, 2.75) is 6.42 Å². The summed E-state index contributed by atoms with van der Waals surface area (Å²) in [5.41, 5.74) is 0.490. The third-order valence-corrected chi connectivity index (χ3v) is 4.13. The third kappa shape index (κ3) is 4.41. The van der Waals surface area contributed by atoms with E-state index in [1.165, 1.54) is 12.1 Å². The molecule has 138 valence electrons.